The van der Waals surface area contributed by atoms with Crippen molar-refractivity contribution < 1.29 is 33.0 Å². The average molecular weight is 517 g/mol. The number of carbonyl (C=O) groups excluding carboxylic acids is 2. The van der Waals surface area contributed by atoms with E-state index in [4.69, 9.17) is 0 Å². The first-order valence-corrected chi connectivity index (χ1v) is 12.1. The van der Waals surface area contributed by atoms with Gasteiger partial charge < -0.3 is 25.4 Å². The zero-order valence-electron chi connectivity index (χ0n) is 20.9. The van der Waals surface area contributed by atoms with E-state index in [9.17, 15) is 28.3 Å². The number of pyridine rings is 1. The number of alkyl halides is 2. The van der Waals surface area contributed by atoms with Gasteiger partial charge in [0.05, 0.1) is 5.41 Å². The summed E-state index contributed by atoms with van der Waals surface area (Å²) < 4.78 is 30.5. The van der Waals surface area contributed by atoms with Gasteiger partial charge in [-0.15, -0.1) is 0 Å². The van der Waals surface area contributed by atoms with E-state index in [1.807, 2.05) is 32.0 Å². The number of aromatic nitrogens is 1. The van der Waals surface area contributed by atoms with E-state index in [0.29, 0.717) is 18.5 Å². The van der Waals surface area contributed by atoms with Crippen LogP contribution in [0, 0.1) is 12.3 Å². The van der Waals surface area contributed by atoms with Crippen LogP contribution < -0.4 is 15.4 Å². The molecule has 37 heavy (non-hydrogen) atoms. The fourth-order valence-corrected chi connectivity index (χ4v) is 4.64. The zero-order valence-corrected chi connectivity index (χ0v) is 20.9. The van der Waals surface area contributed by atoms with Gasteiger partial charge in [0.15, 0.2) is 0 Å². The number of urea groups is 1. The molecule has 2 heterocycles. The van der Waals surface area contributed by atoms with Gasteiger partial charge in [0.1, 0.15) is 11.1 Å². The van der Waals surface area contributed by atoms with Crippen molar-refractivity contribution in [3.63, 3.8) is 0 Å². The lowest BCUT2D eigenvalue weighted by molar-refractivity contribution is -0.143. The Hall–Kier alpha value is -3.76. The normalized spacial score (nSPS) is 17.2. The maximum absolute atomic E-state index is 13.8. The van der Waals surface area contributed by atoms with Gasteiger partial charge >= 0.3 is 18.6 Å². The van der Waals surface area contributed by atoms with Crippen LogP contribution in [0.1, 0.15) is 49.4 Å². The van der Waals surface area contributed by atoms with E-state index in [-0.39, 0.29) is 31.2 Å². The number of likely N-dealkylation sites (tertiary alicyclic amines) is 1. The number of hydrogen-bond acceptors (Lipinski definition) is 5. The van der Waals surface area contributed by atoms with Crippen molar-refractivity contribution in [3.05, 3.63) is 53.2 Å². The number of amides is 3. The average Bonchev–Trinajstić information content (AvgIpc) is 3.60. The number of ether oxygens (including phenoxy) is 1. The Morgan fingerprint density at radius 3 is 2.41 bits per heavy atom. The summed E-state index contributed by atoms with van der Waals surface area (Å²) in [5, 5.41) is 14.7. The summed E-state index contributed by atoms with van der Waals surface area (Å²) in [4.78, 5) is 43.5. The number of aryl methyl sites for hydroxylation is 1. The first kappa shape index (κ1) is 26.3. The van der Waals surface area contributed by atoms with Crippen molar-refractivity contribution in [1.29, 1.82) is 0 Å². The van der Waals surface area contributed by atoms with Crippen molar-refractivity contribution in [1.82, 2.24) is 15.2 Å². The number of carboxylic acid groups (broad SMARTS) is 1. The molecular formula is C26H30F2N4O5. The van der Waals surface area contributed by atoms with Crippen molar-refractivity contribution >= 4 is 23.6 Å². The summed E-state index contributed by atoms with van der Waals surface area (Å²) in [6.07, 6.45) is 1.01. The van der Waals surface area contributed by atoms with Crippen LogP contribution in [-0.4, -0.2) is 59.1 Å². The van der Waals surface area contributed by atoms with Crippen LogP contribution in [0.4, 0.5) is 19.3 Å². The van der Waals surface area contributed by atoms with E-state index >= 15 is 0 Å². The lowest BCUT2D eigenvalue weighted by atomic mass is 9.69. The molecule has 4 rings (SSSR count). The second kappa shape index (κ2) is 9.95. The molecule has 1 aliphatic carbocycles. The van der Waals surface area contributed by atoms with Crippen molar-refractivity contribution in [2.45, 2.75) is 51.6 Å². The molecule has 198 valence electrons. The minimum absolute atomic E-state index is 0.00246. The number of benzene rings is 1. The highest BCUT2D eigenvalue weighted by Gasteiger charge is 2.55. The molecular weight excluding hydrogens is 486 g/mol. The summed E-state index contributed by atoms with van der Waals surface area (Å²) in [5.74, 6) is -1.75. The van der Waals surface area contributed by atoms with Gasteiger partial charge in [0.25, 0.3) is 0 Å². The molecule has 0 bridgehead atoms. The van der Waals surface area contributed by atoms with E-state index in [2.05, 4.69) is 20.4 Å². The third-order valence-corrected chi connectivity index (χ3v) is 7.08. The SMILES string of the molecule is Cc1ccc(NC(=O)C2(c3ccccc3C(C)C)CN(C(=O)NCC3(C(=O)O)CC3)C2)c(OC(F)F)n1. The second-order valence-electron chi connectivity index (χ2n) is 10.1. The molecule has 1 saturated heterocycles. The molecule has 1 aromatic carbocycles. The van der Waals surface area contributed by atoms with Gasteiger partial charge in [0.2, 0.25) is 11.8 Å². The van der Waals surface area contributed by atoms with E-state index < -0.39 is 41.2 Å². The Bertz CT molecular complexity index is 1210. The Kier molecular flexibility index (Phi) is 7.07. The Balaban J connectivity index is 1.60. The van der Waals surface area contributed by atoms with Crippen molar-refractivity contribution in [3.8, 4) is 5.88 Å². The number of halogens is 2. The maximum atomic E-state index is 13.8. The fourth-order valence-electron chi connectivity index (χ4n) is 4.64. The topological polar surface area (TPSA) is 121 Å². The number of rotatable bonds is 9. The molecule has 1 aromatic heterocycles. The zero-order chi connectivity index (χ0) is 27.0. The van der Waals surface area contributed by atoms with Crippen LogP contribution in [0.5, 0.6) is 5.88 Å². The summed E-state index contributed by atoms with van der Waals surface area (Å²) in [7, 11) is 0. The van der Waals surface area contributed by atoms with Crippen LogP contribution in [0.3, 0.4) is 0 Å². The molecule has 1 saturated carbocycles. The molecule has 3 amide bonds. The summed E-state index contributed by atoms with van der Waals surface area (Å²) in [6.45, 7) is 2.55. The van der Waals surface area contributed by atoms with Crippen LogP contribution in [0.15, 0.2) is 36.4 Å². The van der Waals surface area contributed by atoms with E-state index in [0.717, 1.165) is 11.1 Å². The smallest absolute Gasteiger partial charge is 0.388 e. The van der Waals surface area contributed by atoms with Gasteiger partial charge in [-0.3, -0.25) is 9.59 Å². The summed E-state index contributed by atoms with van der Waals surface area (Å²) >= 11 is 0. The third kappa shape index (κ3) is 5.21. The molecule has 2 aromatic rings. The largest absolute Gasteiger partial charge is 0.481 e. The van der Waals surface area contributed by atoms with Crippen LogP contribution in [0.2, 0.25) is 0 Å². The Labute approximate surface area is 213 Å². The minimum Gasteiger partial charge on any atom is -0.481 e. The molecule has 2 fully saturated rings. The molecule has 0 radical (unpaired) electrons. The number of hydrogen-bond donors (Lipinski definition) is 3. The van der Waals surface area contributed by atoms with Crippen LogP contribution in [0.25, 0.3) is 0 Å². The molecule has 2 aliphatic rings. The van der Waals surface area contributed by atoms with Crippen molar-refractivity contribution in [2.75, 3.05) is 25.0 Å². The molecule has 3 N–H and O–H groups in total. The number of nitrogens with zero attached hydrogens (tertiary/aromatic N) is 2. The second-order valence-corrected chi connectivity index (χ2v) is 10.1. The predicted molar refractivity (Wildman–Crippen MR) is 131 cm³/mol. The van der Waals surface area contributed by atoms with Gasteiger partial charge in [-0.05, 0) is 48.9 Å². The number of nitrogens with one attached hydrogen (secondary N) is 2. The van der Waals surface area contributed by atoms with Gasteiger partial charge in [-0.25, -0.2) is 9.78 Å². The number of aliphatic carboxylic acids is 1. The molecule has 11 heteroatoms. The van der Waals surface area contributed by atoms with Gasteiger partial charge in [-0.1, -0.05) is 38.1 Å². The van der Waals surface area contributed by atoms with Gasteiger partial charge in [-0.2, -0.15) is 8.78 Å². The quantitative estimate of drug-likeness (QED) is 0.465. The van der Waals surface area contributed by atoms with E-state index in [1.54, 1.807) is 19.1 Å². The minimum atomic E-state index is -3.12. The number of anilines is 1. The molecule has 9 nitrogen and oxygen atoms in total. The predicted octanol–water partition coefficient (Wildman–Crippen LogP) is 3.88. The number of carboxylic acids is 1. The first-order valence-electron chi connectivity index (χ1n) is 12.1. The van der Waals surface area contributed by atoms with Gasteiger partial charge in [0, 0.05) is 25.3 Å². The lowest BCUT2D eigenvalue weighted by Crippen LogP contribution is -2.68. The lowest BCUT2D eigenvalue weighted by Gasteiger charge is -2.49. The summed E-state index contributed by atoms with van der Waals surface area (Å²) in [5.41, 5.74) is 0.0134. The van der Waals surface area contributed by atoms with E-state index in [1.165, 1.54) is 11.0 Å². The van der Waals surface area contributed by atoms with Crippen LogP contribution in [-0.2, 0) is 15.0 Å². The fraction of sp³-hybridized carbons (Fsp3) is 0.462. The first-order chi connectivity index (χ1) is 17.5. The summed E-state index contributed by atoms with van der Waals surface area (Å²) in [6, 6.07) is 9.98. The Morgan fingerprint density at radius 1 is 1.14 bits per heavy atom. The third-order valence-electron chi connectivity index (χ3n) is 7.08. The monoisotopic (exact) mass is 516 g/mol. The Morgan fingerprint density at radius 2 is 1.81 bits per heavy atom. The highest BCUT2D eigenvalue weighted by atomic mass is 19.3. The number of carbonyl (C=O) groups is 3. The maximum Gasteiger partial charge on any atom is 0.388 e. The molecule has 0 unspecified atom stereocenters. The molecule has 0 spiro atoms. The standard InChI is InChI=1S/C26H30F2N4O5/c1-15(2)17-6-4-5-7-18(17)26(13-32(14-26)24(36)29-12-25(10-11-25)22(34)35)21(33)31-19-9-8-16(3)30-20(19)37-23(27)28/h4-9,15,23H,10-14H2,1-3H3,(H,29,36)(H,31,33)(H,34,35). The molecule has 0 atom stereocenters. The molecule has 1 aliphatic heterocycles. The van der Waals surface area contributed by atoms with Crippen LogP contribution >= 0.6 is 0 Å². The highest BCUT2D eigenvalue weighted by Crippen LogP contribution is 2.45. The van der Waals surface area contributed by atoms with Crippen molar-refractivity contribution in [2.24, 2.45) is 5.41 Å². The highest BCUT2D eigenvalue weighted by molar-refractivity contribution is 6.02.